The fraction of sp³-hybridized carbons (Fsp3) is 0.962. The number of aliphatic carboxylic acids is 1. The first-order valence-electron chi connectivity index (χ1n) is 25.8. The minimum atomic E-state index is -0.683. The molecule has 8 rings (SSSR count). The van der Waals surface area contributed by atoms with E-state index < -0.39 is 5.97 Å². The first-order chi connectivity index (χ1) is 28.8. The number of methoxy groups -OCH3 is 1. The minimum absolute atomic E-state index is 0.0952. The molecule has 22 atom stereocenters. The standard InChI is InChI=1S/C27H46O4.C26H44O4/c1-6-18-22-15-17(28)11-13-27(22,4)21-12-14-26(3)19(16(2)7-10-23(29)31-5)8-9-20(26)24(21)25(18)30;1-5-17-21-14-16(27)10-12-26(21,4)20-11-13-25(3)18(15(2)6-9-22(28)29)7-8-19(25)23(20)24(17)30/h16-22,24-25,28,30H,6-15H2,1-5H3;15-21,23-24,27,30H,5-14H2,1-4H3,(H,28,29)/t16-,17-,18-,19-,20+,21+,22+,24+,25-,26-,27-;15-,16-,17-,18-,19+,20+,21+,23+,24-,25-,26-/m11/s1. The van der Waals surface area contributed by atoms with Gasteiger partial charge in [0, 0.05) is 12.8 Å². The smallest absolute Gasteiger partial charge is 0.305 e. The molecule has 0 aromatic heterocycles. The van der Waals surface area contributed by atoms with Crippen molar-refractivity contribution in [3.8, 4) is 0 Å². The van der Waals surface area contributed by atoms with Crippen molar-refractivity contribution < 1.29 is 39.9 Å². The number of carboxylic acids is 1. The van der Waals surface area contributed by atoms with Gasteiger partial charge >= 0.3 is 11.9 Å². The third-order valence-electron chi connectivity index (χ3n) is 22.1. The molecular formula is C53H90O8. The summed E-state index contributed by atoms with van der Waals surface area (Å²) in [5, 5.41) is 53.5. The number of rotatable bonds is 10. The number of aliphatic hydroxyl groups is 4. The van der Waals surface area contributed by atoms with Gasteiger partial charge in [0.15, 0.2) is 0 Å². The van der Waals surface area contributed by atoms with E-state index in [-0.39, 0.29) is 58.5 Å². The average Bonchev–Trinajstić information content (AvgIpc) is 3.77. The Balaban J connectivity index is 0.000000184. The third-order valence-corrected chi connectivity index (χ3v) is 22.1. The monoisotopic (exact) mass is 855 g/mol. The van der Waals surface area contributed by atoms with Crippen LogP contribution in [0.3, 0.4) is 0 Å². The molecule has 8 aliphatic carbocycles. The molecule has 0 spiro atoms. The molecule has 5 N–H and O–H groups in total. The summed E-state index contributed by atoms with van der Waals surface area (Å²) in [6.45, 7) is 19.0. The molecule has 0 bridgehead atoms. The number of fused-ring (bicyclic) bond motifs is 10. The Morgan fingerprint density at radius 1 is 0.557 bits per heavy atom. The number of ether oxygens (including phenoxy) is 1. The first-order valence-corrected chi connectivity index (χ1v) is 25.8. The molecule has 8 fully saturated rings. The van der Waals surface area contributed by atoms with E-state index in [1.54, 1.807) is 0 Å². The Morgan fingerprint density at radius 3 is 1.31 bits per heavy atom. The molecule has 61 heavy (non-hydrogen) atoms. The molecule has 8 aliphatic rings. The molecule has 0 amide bonds. The van der Waals surface area contributed by atoms with Crippen LogP contribution < -0.4 is 0 Å². The number of carboxylic acid groups (broad SMARTS) is 1. The topological polar surface area (TPSA) is 145 Å². The number of carbonyl (C=O) groups is 2. The number of hydrogen-bond donors (Lipinski definition) is 5. The molecule has 350 valence electrons. The second-order valence-corrected chi connectivity index (χ2v) is 24.2. The van der Waals surface area contributed by atoms with Crippen molar-refractivity contribution in [1.29, 1.82) is 0 Å². The molecule has 0 saturated heterocycles. The summed E-state index contributed by atoms with van der Waals surface area (Å²) in [4.78, 5) is 22.8. The van der Waals surface area contributed by atoms with Crippen molar-refractivity contribution in [2.24, 2.45) is 105 Å². The molecule has 8 nitrogen and oxygen atoms in total. The van der Waals surface area contributed by atoms with Crippen LogP contribution in [-0.2, 0) is 14.3 Å². The van der Waals surface area contributed by atoms with E-state index in [9.17, 15) is 30.0 Å². The van der Waals surface area contributed by atoms with E-state index >= 15 is 0 Å². The van der Waals surface area contributed by atoms with Crippen LogP contribution >= 0.6 is 0 Å². The highest BCUT2D eigenvalue weighted by molar-refractivity contribution is 5.69. The van der Waals surface area contributed by atoms with Crippen molar-refractivity contribution in [3.05, 3.63) is 0 Å². The highest BCUT2D eigenvalue weighted by atomic mass is 16.5. The molecule has 0 radical (unpaired) electrons. The first kappa shape index (κ1) is 47.7. The van der Waals surface area contributed by atoms with Crippen LogP contribution in [0, 0.1) is 105 Å². The lowest BCUT2D eigenvalue weighted by atomic mass is 9.41. The molecule has 0 aliphatic heterocycles. The summed E-state index contributed by atoms with van der Waals surface area (Å²) >= 11 is 0. The predicted octanol–water partition coefficient (Wildman–Crippen LogP) is 10.3. The van der Waals surface area contributed by atoms with Gasteiger partial charge in [-0.3, -0.25) is 9.59 Å². The zero-order valence-electron chi connectivity index (χ0n) is 40.0. The van der Waals surface area contributed by atoms with Gasteiger partial charge in [-0.2, -0.15) is 0 Å². The maximum atomic E-state index is 11.8. The van der Waals surface area contributed by atoms with Gasteiger partial charge in [0.05, 0.1) is 31.5 Å². The molecule has 8 heteroatoms. The van der Waals surface area contributed by atoms with Crippen molar-refractivity contribution in [2.75, 3.05) is 7.11 Å². The number of esters is 1. The lowest BCUT2D eigenvalue weighted by molar-refractivity contribution is -0.203. The van der Waals surface area contributed by atoms with Crippen LogP contribution in [0.1, 0.15) is 184 Å². The summed E-state index contributed by atoms with van der Waals surface area (Å²) in [5.74, 6) is 5.98. The Labute approximate surface area is 370 Å². The molecule has 0 aromatic rings. The SMILES string of the molecule is CC[C@H]1[C@@H](O)[C@@H]2[C@H](CC[C@]3(C)[C@@H]([C@H](C)CCC(=O)O)CC[C@@H]23)[C@@]2(C)CC[C@@H](O)C[C@@H]12.CC[C@H]1[C@@H](O)[C@@H]2[C@H](CC[C@]3(C)[C@@H]([C@H](C)CCC(=O)OC)CC[C@@H]23)[C@@]2(C)CC[C@@H](O)C[C@@H]12. The zero-order chi connectivity index (χ0) is 44.4. The van der Waals surface area contributed by atoms with Crippen LogP contribution in [0.25, 0.3) is 0 Å². The Kier molecular flexibility index (Phi) is 14.3. The van der Waals surface area contributed by atoms with Gasteiger partial charge in [-0.25, -0.2) is 0 Å². The van der Waals surface area contributed by atoms with Crippen molar-refractivity contribution in [2.45, 2.75) is 208 Å². The Bertz CT molecular complexity index is 1530. The number of hydrogen-bond acceptors (Lipinski definition) is 7. The summed E-state index contributed by atoms with van der Waals surface area (Å²) in [7, 11) is 1.48. The fourth-order valence-electron chi connectivity index (χ4n) is 19.1. The van der Waals surface area contributed by atoms with Gasteiger partial charge in [-0.05, 0) is 207 Å². The highest BCUT2D eigenvalue weighted by Gasteiger charge is 2.66. The second-order valence-electron chi connectivity index (χ2n) is 24.2. The van der Waals surface area contributed by atoms with Crippen LogP contribution in [0.4, 0.5) is 0 Å². The molecular weight excluding hydrogens is 765 g/mol. The normalized spacial score (nSPS) is 50.8. The Hall–Kier alpha value is -1.22. The minimum Gasteiger partial charge on any atom is -0.481 e. The van der Waals surface area contributed by atoms with Gasteiger partial charge in [-0.15, -0.1) is 0 Å². The van der Waals surface area contributed by atoms with Gasteiger partial charge in [0.25, 0.3) is 0 Å². The molecule has 0 heterocycles. The van der Waals surface area contributed by atoms with Gasteiger partial charge in [0.2, 0.25) is 0 Å². The van der Waals surface area contributed by atoms with Crippen molar-refractivity contribution >= 4 is 11.9 Å². The van der Waals surface area contributed by atoms with Crippen molar-refractivity contribution in [1.82, 2.24) is 0 Å². The maximum absolute atomic E-state index is 11.8. The van der Waals surface area contributed by atoms with E-state index in [0.717, 1.165) is 64.2 Å². The van der Waals surface area contributed by atoms with Crippen LogP contribution in [-0.4, -0.2) is 69.0 Å². The van der Waals surface area contributed by atoms with E-state index in [2.05, 4.69) is 55.4 Å². The van der Waals surface area contributed by atoms with Gasteiger partial charge in [-0.1, -0.05) is 68.2 Å². The van der Waals surface area contributed by atoms with E-state index in [4.69, 9.17) is 9.84 Å². The predicted molar refractivity (Wildman–Crippen MR) is 240 cm³/mol. The van der Waals surface area contributed by atoms with Crippen molar-refractivity contribution in [3.63, 3.8) is 0 Å². The fourth-order valence-corrected chi connectivity index (χ4v) is 19.1. The lowest BCUT2D eigenvalue weighted by Gasteiger charge is -2.64. The quantitative estimate of drug-likeness (QED) is 0.137. The van der Waals surface area contributed by atoms with Crippen LogP contribution in [0.15, 0.2) is 0 Å². The summed E-state index contributed by atoms with van der Waals surface area (Å²) in [6, 6.07) is 0. The zero-order valence-corrected chi connectivity index (χ0v) is 40.0. The lowest BCUT2D eigenvalue weighted by Crippen LogP contribution is -2.62. The number of aliphatic hydroxyl groups excluding tert-OH is 4. The molecule has 0 aromatic carbocycles. The summed E-state index contributed by atoms with van der Waals surface area (Å²) < 4.78 is 4.88. The largest absolute Gasteiger partial charge is 0.481 e. The van der Waals surface area contributed by atoms with E-state index in [1.807, 2.05) is 0 Å². The van der Waals surface area contributed by atoms with E-state index in [0.29, 0.717) is 89.3 Å². The summed E-state index contributed by atoms with van der Waals surface area (Å²) in [6.07, 6.45) is 19.1. The summed E-state index contributed by atoms with van der Waals surface area (Å²) in [5.41, 5.74) is 1.01. The molecule has 0 unspecified atom stereocenters. The third kappa shape index (κ3) is 8.12. The molecule has 8 saturated carbocycles. The van der Waals surface area contributed by atoms with Crippen LogP contribution in [0.2, 0.25) is 0 Å². The Morgan fingerprint density at radius 2 is 0.934 bits per heavy atom. The number of carbonyl (C=O) groups excluding carboxylic acids is 1. The highest BCUT2D eigenvalue weighted by Crippen LogP contribution is 2.71. The van der Waals surface area contributed by atoms with Gasteiger partial charge in [0.1, 0.15) is 0 Å². The van der Waals surface area contributed by atoms with E-state index in [1.165, 1.54) is 58.5 Å². The van der Waals surface area contributed by atoms with Gasteiger partial charge < -0.3 is 30.3 Å². The second kappa shape index (κ2) is 18.2. The van der Waals surface area contributed by atoms with Crippen LogP contribution in [0.5, 0.6) is 0 Å². The maximum Gasteiger partial charge on any atom is 0.305 e. The average molecular weight is 855 g/mol.